The second-order valence-corrected chi connectivity index (χ2v) is 5.16. The molecule has 0 unspecified atom stereocenters. The summed E-state index contributed by atoms with van der Waals surface area (Å²) < 4.78 is 15.9. The average Bonchev–Trinajstić information content (AvgIpc) is 2.59. The maximum atomic E-state index is 12.1. The van der Waals surface area contributed by atoms with E-state index in [1.807, 2.05) is 0 Å². The number of methoxy groups -OCH3 is 3. The number of hydrogen-bond acceptors (Lipinski definition) is 4. The molecule has 2 aromatic carbocycles. The Morgan fingerprint density at radius 3 is 2.04 bits per heavy atom. The number of carbonyl (C=O) groups is 1. The van der Waals surface area contributed by atoms with E-state index in [4.69, 9.17) is 25.8 Å². The number of halogens is 1. The summed E-state index contributed by atoms with van der Waals surface area (Å²) in [6.07, 6.45) is 0. The van der Waals surface area contributed by atoms with Gasteiger partial charge in [0.15, 0.2) is 11.5 Å². The van der Waals surface area contributed by atoms with Crippen LogP contribution in [-0.2, 0) is 6.54 Å². The van der Waals surface area contributed by atoms with Crippen molar-refractivity contribution in [3.63, 3.8) is 0 Å². The SMILES string of the molecule is COc1cc(CNC(=O)c2ccc(Cl)cc2)cc(OC)c1OC. The van der Waals surface area contributed by atoms with Crippen LogP contribution in [0.3, 0.4) is 0 Å². The topological polar surface area (TPSA) is 56.8 Å². The highest BCUT2D eigenvalue weighted by Crippen LogP contribution is 2.38. The predicted molar refractivity (Wildman–Crippen MR) is 88.7 cm³/mol. The molecule has 0 atom stereocenters. The Bertz CT molecular complexity index is 660. The van der Waals surface area contributed by atoms with E-state index >= 15 is 0 Å². The highest BCUT2D eigenvalue weighted by Gasteiger charge is 2.14. The molecule has 0 spiro atoms. The van der Waals surface area contributed by atoms with Gasteiger partial charge in [0.2, 0.25) is 5.75 Å². The van der Waals surface area contributed by atoms with Crippen molar-refractivity contribution in [1.82, 2.24) is 5.32 Å². The molecule has 0 aliphatic carbocycles. The first-order chi connectivity index (χ1) is 11.1. The van der Waals surface area contributed by atoms with Crippen molar-refractivity contribution in [1.29, 1.82) is 0 Å². The Morgan fingerprint density at radius 1 is 1.00 bits per heavy atom. The third-order valence-electron chi connectivity index (χ3n) is 3.28. The van der Waals surface area contributed by atoms with Crippen molar-refractivity contribution < 1.29 is 19.0 Å². The largest absolute Gasteiger partial charge is 0.493 e. The van der Waals surface area contributed by atoms with Crippen molar-refractivity contribution in [3.05, 3.63) is 52.5 Å². The van der Waals surface area contributed by atoms with Gasteiger partial charge in [-0.2, -0.15) is 0 Å². The van der Waals surface area contributed by atoms with E-state index in [2.05, 4.69) is 5.32 Å². The number of carbonyl (C=O) groups excluding carboxylic acids is 1. The summed E-state index contributed by atoms with van der Waals surface area (Å²) in [6.45, 7) is 0.332. The van der Waals surface area contributed by atoms with E-state index in [0.29, 0.717) is 34.4 Å². The Kier molecular flexibility index (Phi) is 5.71. The number of nitrogens with one attached hydrogen (secondary N) is 1. The van der Waals surface area contributed by atoms with E-state index in [1.165, 1.54) is 0 Å². The lowest BCUT2D eigenvalue weighted by Gasteiger charge is -2.14. The second kappa shape index (κ2) is 7.74. The Hall–Kier alpha value is -2.40. The molecule has 0 heterocycles. The first kappa shape index (κ1) is 17.0. The summed E-state index contributed by atoms with van der Waals surface area (Å²) in [6, 6.07) is 10.3. The summed E-state index contributed by atoms with van der Waals surface area (Å²) in [7, 11) is 4.64. The molecule has 0 aromatic heterocycles. The zero-order chi connectivity index (χ0) is 16.8. The smallest absolute Gasteiger partial charge is 0.251 e. The Labute approximate surface area is 140 Å². The van der Waals surface area contributed by atoms with Gasteiger partial charge in [-0.05, 0) is 42.0 Å². The van der Waals surface area contributed by atoms with E-state index in [-0.39, 0.29) is 5.91 Å². The van der Waals surface area contributed by atoms with Crippen molar-refractivity contribution in [2.24, 2.45) is 0 Å². The fourth-order valence-electron chi connectivity index (χ4n) is 2.12. The lowest BCUT2D eigenvalue weighted by atomic mass is 10.1. The molecule has 0 bridgehead atoms. The maximum Gasteiger partial charge on any atom is 0.251 e. The molecule has 0 saturated carbocycles. The number of hydrogen-bond donors (Lipinski definition) is 1. The van der Waals surface area contributed by atoms with Gasteiger partial charge >= 0.3 is 0 Å². The minimum absolute atomic E-state index is 0.185. The van der Waals surface area contributed by atoms with Gasteiger partial charge in [-0.1, -0.05) is 11.6 Å². The molecule has 0 fully saturated rings. The van der Waals surface area contributed by atoms with Crippen molar-refractivity contribution in [2.75, 3.05) is 21.3 Å². The number of ether oxygens (including phenoxy) is 3. The zero-order valence-corrected chi connectivity index (χ0v) is 13.9. The van der Waals surface area contributed by atoms with Gasteiger partial charge in [-0.15, -0.1) is 0 Å². The summed E-state index contributed by atoms with van der Waals surface area (Å²) in [4.78, 5) is 12.1. The molecule has 2 aromatic rings. The first-order valence-electron chi connectivity index (χ1n) is 6.91. The third kappa shape index (κ3) is 4.07. The zero-order valence-electron chi connectivity index (χ0n) is 13.2. The average molecular weight is 336 g/mol. The Morgan fingerprint density at radius 2 is 1.57 bits per heavy atom. The van der Waals surface area contributed by atoms with Gasteiger partial charge in [0.25, 0.3) is 5.91 Å². The molecule has 0 aliphatic rings. The summed E-state index contributed by atoms with van der Waals surface area (Å²) >= 11 is 5.81. The van der Waals surface area contributed by atoms with E-state index in [1.54, 1.807) is 57.7 Å². The van der Waals surface area contributed by atoms with Crippen LogP contribution in [0, 0.1) is 0 Å². The van der Waals surface area contributed by atoms with Crippen LogP contribution >= 0.6 is 11.6 Å². The van der Waals surface area contributed by atoms with Crippen LogP contribution < -0.4 is 19.5 Å². The minimum Gasteiger partial charge on any atom is -0.493 e. The van der Waals surface area contributed by atoms with E-state index in [0.717, 1.165) is 5.56 Å². The van der Waals surface area contributed by atoms with Crippen LogP contribution in [-0.4, -0.2) is 27.2 Å². The molecular formula is C17H18ClNO4. The minimum atomic E-state index is -0.185. The lowest BCUT2D eigenvalue weighted by Crippen LogP contribution is -2.22. The number of rotatable bonds is 6. The predicted octanol–water partition coefficient (Wildman–Crippen LogP) is 3.30. The molecule has 0 radical (unpaired) electrons. The fourth-order valence-corrected chi connectivity index (χ4v) is 2.25. The molecular weight excluding hydrogens is 318 g/mol. The van der Waals surface area contributed by atoms with Gasteiger partial charge < -0.3 is 19.5 Å². The van der Waals surface area contributed by atoms with Gasteiger partial charge in [-0.3, -0.25) is 4.79 Å². The molecule has 6 heteroatoms. The van der Waals surface area contributed by atoms with Crippen LogP contribution in [0.1, 0.15) is 15.9 Å². The van der Waals surface area contributed by atoms with Crippen LogP contribution in [0.5, 0.6) is 17.2 Å². The van der Waals surface area contributed by atoms with Crippen LogP contribution in [0.2, 0.25) is 5.02 Å². The van der Waals surface area contributed by atoms with Gasteiger partial charge in [0.05, 0.1) is 21.3 Å². The van der Waals surface area contributed by atoms with Crippen molar-refractivity contribution >= 4 is 17.5 Å². The fraction of sp³-hybridized carbons (Fsp3) is 0.235. The summed E-state index contributed by atoms with van der Waals surface area (Å²) in [5.74, 6) is 1.42. The van der Waals surface area contributed by atoms with E-state index < -0.39 is 0 Å². The normalized spacial score (nSPS) is 10.1. The van der Waals surface area contributed by atoms with Crippen molar-refractivity contribution in [2.45, 2.75) is 6.54 Å². The monoisotopic (exact) mass is 335 g/mol. The van der Waals surface area contributed by atoms with E-state index in [9.17, 15) is 4.79 Å². The standard InChI is InChI=1S/C17H18ClNO4/c1-21-14-8-11(9-15(22-2)16(14)23-3)10-19-17(20)12-4-6-13(18)7-5-12/h4-9H,10H2,1-3H3,(H,19,20). The lowest BCUT2D eigenvalue weighted by molar-refractivity contribution is 0.0951. The van der Waals surface area contributed by atoms with Gasteiger partial charge in [-0.25, -0.2) is 0 Å². The second-order valence-electron chi connectivity index (χ2n) is 4.72. The quantitative estimate of drug-likeness (QED) is 0.880. The number of benzene rings is 2. The first-order valence-corrected chi connectivity index (χ1v) is 7.29. The summed E-state index contributed by atoms with van der Waals surface area (Å²) in [5.41, 5.74) is 1.38. The van der Waals surface area contributed by atoms with Crippen LogP contribution in [0.4, 0.5) is 0 Å². The molecule has 1 N–H and O–H groups in total. The highest BCUT2D eigenvalue weighted by molar-refractivity contribution is 6.30. The van der Waals surface area contributed by atoms with Gasteiger partial charge in [0.1, 0.15) is 0 Å². The third-order valence-corrected chi connectivity index (χ3v) is 3.54. The number of amides is 1. The molecule has 122 valence electrons. The van der Waals surface area contributed by atoms with Crippen molar-refractivity contribution in [3.8, 4) is 17.2 Å². The van der Waals surface area contributed by atoms with Crippen LogP contribution in [0.25, 0.3) is 0 Å². The molecule has 5 nitrogen and oxygen atoms in total. The maximum absolute atomic E-state index is 12.1. The Balaban J connectivity index is 2.13. The molecule has 1 amide bonds. The molecule has 0 saturated heterocycles. The van der Waals surface area contributed by atoms with Gasteiger partial charge in [0, 0.05) is 17.1 Å². The molecule has 2 rings (SSSR count). The molecule has 23 heavy (non-hydrogen) atoms. The molecule has 0 aliphatic heterocycles. The van der Waals surface area contributed by atoms with Crippen LogP contribution in [0.15, 0.2) is 36.4 Å². The highest BCUT2D eigenvalue weighted by atomic mass is 35.5. The summed E-state index contributed by atoms with van der Waals surface area (Å²) in [5, 5.41) is 3.43.